The summed E-state index contributed by atoms with van der Waals surface area (Å²) in [5.41, 5.74) is 1.31. The molecule has 90 valence electrons. The molecule has 5 heteroatoms. The molecule has 2 nitrogen and oxygen atoms in total. The normalized spacial score (nSPS) is 16.9. The molecule has 1 saturated heterocycles. The van der Waals surface area contributed by atoms with Crippen LogP contribution in [-0.2, 0) is 6.54 Å². The lowest BCUT2D eigenvalue weighted by molar-refractivity contribution is 0.233. The summed E-state index contributed by atoms with van der Waals surface area (Å²) in [6.07, 6.45) is 0. The first kappa shape index (κ1) is 14.3. The van der Waals surface area contributed by atoms with Gasteiger partial charge in [-0.2, -0.15) is 0 Å². The number of hydrogen-bond donors (Lipinski definition) is 1. The molecule has 0 spiro atoms. The van der Waals surface area contributed by atoms with Crippen LogP contribution in [-0.4, -0.2) is 31.1 Å². The number of piperazine rings is 1. The van der Waals surface area contributed by atoms with E-state index in [1.54, 1.807) is 0 Å². The van der Waals surface area contributed by atoms with Gasteiger partial charge in [0.05, 0.1) is 5.02 Å². The zero-order chi connectivity index (χ0) is 10.7. The summed E-state index contributed by atoms with van der Waals surface area (Å²) in [6.45, 7) is 5.45. The van der Waals surface area contributed by atoms with Gasteiger partial charge in [-0.25, -0.2) is 0 Å². The SMILES string of the molecule is Cl.Clc1ccc(CN2CCNCC2)cc1Br. The van der Waals surface area contributed by atoms with Crippen LogP contribution in [0.1, 0.15) is 5.56 Å². The number of benzene rings is 1. The van der Waals surface area contributed by atoms with E-state index in [0.717, 1.165) is 42.2 Å². The minimum Gasteiger partial charge on any atom is -0.314 e. The molecule has 0 unspecified atom stereocenters. The van der Waals surface area contributed by atoms with Gasteiger partial charge in [0.15, 0.2) is 0 Å². The number of nitrogens with zero attached hydrogens (tertiary/aromatic N) is 1. The molecule has 1 N–H and O–H groups in total. The topological polar surface area (TPSA) is 15.3 Å². The zero-order valence-corrected chi connectivity index (χ0v) is 12.0. The third kappa shape index (κ3) is 3.90. The second-order valence-electron chi connectivity index (χ2n) is 3.77. The molecule has 0 aromatic heterocycles. The van der Waals surface area contributed by atoms with Crippen LogP contribution in [0.2, 0.25) is 5.02 Å². The first-order valence-electron chi connectivity index (χ1n) is 5.13. The third-order valence-corrected chi connectivity index (χ3v) is 3.81. The highest BCUT2D eigenvalue weighted by Gasteiger charge is 2.10. The maximum Gasteiger partial charge on any atom is 0.0548 e. The summed E-state index contributed by atoms with van der Waals surface area (Å²) >= 11 is 9.40. The predicted molar refractivity (Wildman–Crippen MR) is 74.5 cm³/mol. The highest BCUT2D eigenvalue weighted by atomic mass is 79.9. The fourth-order valence-corrected chi connectivity index (χ4v) is 2.31. The van der Waals surface area contributed by atoms with Crippen LogP contribution in [0.15, 0.2) is 22.7 Å². The molecule has 1 aliphatic rings. The number of rotatable bonds is 2. The Morgan fingerprint density at radius 1 is 1.31 bits per heavy atom. The van der Waals surface area contributed by atoms with Crippen LogP contribution in [0.4, 0.5) is 0 Å². The van der Waals surface area contributed by atoms with Gasteiger partial charge < -0.3 is 5.32 Å². The summed E-state index contributed by atoms with van der Waals surface area (Å²) in [4.78, 5) is 2.45. The third-order valence-electron chi connectivity index (χ3n) is 2.60. The molecule has 0 amide bonds. The van der Waals surface area contributed by atoms with Crippen molar-refractivity contribution >= 4 is 39.9 Å². The van der Waals surface area contributed by atoms with E-state index >= 15 is 0 Å². The molecule has 0 bridgehead atoms. The van der Waals surface area contributed by atoms with E-state index < -0.39 is 0 Å². The van der Waals surface area contributed by atoms with E-state index in [1.807, 2.05) is 6.07 Å². The van der Waals surface area contributed by atoms with Crippen molar-refractivity contribution in [3.05, 3.63) is 33.3 Å². The monoisotopic (exact) mass is 324 g/mol. The summed E-state index contributed by atoms with van der Waals surface area (Å²) < 4.78 is 0.983. The summed E-state index contributed by atoms with van der Waals surface area (Å²) in [7, 11) is 0. The smallest absolute Gasteiger partial charge is 0.0548 e. The van der Waals surface area contributed by atoms with Crippen molar-refractivity contribution in [1.29, 1.82) is 0 Å². The molecule has 1 aromatic rings. The fourth-order valence-electron chi connectivity index (χ4n) is 1.77. The van der Waals surface area contributed by atoms with Gasteiger partial charge in [0, 0.05) is 37.2 Å². The van der Waals surface area contributed by atoms with Gasteiger partial charge in [-0.3, -0.25) is 4.90 Å². The standard InChI is InChI=1S/C11H14BrClN2.ClH/c12-10-7-9(1-2-11(10)13)8-15-5-3-14-4-6-15;/h1-2,7,14H,3-6,8H2;1H. The van der Waals surface area contributed by atoms with Gasteiger partial charge in [0.1, 0.15) is 0 Å². The lowest BCUT2D eigenvalue weighted by atomic mass is 10.2. The maximum atomic E-state index is 5.95. The fraction of sp³-hybridized carbons (Fsp3) is 0.455. The van der Waals surface area contributed by atoms with Crippen molar-refractivity contribution in [3.63, 3.8) is 0 Å². The molecule has 1 fully saturated rings. The van der Waals surface area contributed by atoms with E-state index in [2.05, 4.69) is 38.3 Å². The summed E-state index contributed by atoms with van der Waals surface area (Å²) in [5, 5.41) is 4.13. The number of hydrogen-bond acceptors (Lipinski definition) is 2. The number of halogens is 3. The van der Waals surface area contributed by atoms with Crippen molar-refractivity contribution in [2.24, 2.45) is 0 Å². The van der Waals surface area contributed by atoms with Crippen molar-refractivity contribution < 1.29 is 0 Å². The average molecular weight is 326 g/mol. The maximum absolute atomic E-state index is 5.95. The Kier molecular flexibility index (Phi) is 6.08. The van der Waals surface area contributed by atoms with Crippen LogP contribution in [0, 0.1) is 0 Å². The molecular formula is C11H15BrCl2N2. The second-order valence-corrected chi connectivity index (χ2v) is 5.04. The van der Waals surface area contributed by atoms with Gasteiger partial charge in [-0.15, -0.1) is 12.4 Å². The van der Waals surface area contributed by atoms with Crippen LogP contribution in [0.5, 0.6) is 0 Å². The highest BCUT2D eigenvalue weighted by Crippen LogP contribution is 2.23. The van der Waals surface area contributed by atoms with Crippen molar-refractivity contribution in [2.75, 3.05) is 26.2 Å². The Labute approximate surface area is 116 Å². The van der Waals surface area contributed by atoms with E-state index in [-0.39, 0.29) is 12.4 Å². The lowest BCUT2D eigenvalue weighted by Gasteiger charge is -2.27. The van der Waals surface area contributed by atoms with Gasteiger partial charge >= 0.3 is 0 Å². The quantitative estimate of drug-likeness (QED) is 0.899. The molecule has 2 rings (SSSR count). The number of nitrogens with one attached hydrogen (secondary N) is 1. The Morgan fingerprint density at radius 2 is 2.00 bits per heavy atom. The minimum atomic E-state index is 0. The molecule has 0 saturated carbocycles. The average Bonchev–Trinajstić information content (AvgIpc) is 2.25. The van der Waals surface area contributed by atoms with Gasteiger partial charge in [-0.1, -0.05) is 17.7 Å². The summed E-state index contributed by atoms with van der Waals surface area (Å²) in [5.74, 6) is 0. The van der Waals surface area contributed by atoms with E-state index in [0.29, 0.717) is 0 Å². The molecule has 1 aliphatic heterocycles. The van der Waals surface area contributed by atoms with Gasteiger partial charge in [0.2, 0.25) is 0 Å². The molecule has 16 heavy (non-hydrogen) atoms. The van der Waals surface area contributed by atoms with E-state index in [4.69, 9.17) is 11.6 Å². The van der Waals surface area contributed by atoms with Gasteiger partial charge in [0.25, 0.3) is 0 Å². The molecular weight excluding hydrogens is 311 g/mol. The van der Waals surface area contributed by atoms with Crippen LogP contribution >= 0.6 is 39.9 Å². The highest BCUT2D eigenvalue weighted by molar-refractivity contribution is 9.10. The van der Waals surface area contributed by atoms with E-state index in [1.165, 1.54) is 5.56 Å². The molecule has 0 radical (unpaired) electrons. The summed E-state index contributed by atoms with van der Waals surface area (Å²) in [6, 6.07) is 6.14. The van der Waals surface area contributed by atoms with Crippen molar-refractivity contribution in [3.8, 4) is 0 Å². The zero-order valence-electron chi connectivity index (χ0n) is 8.88. The van der Waals surface area contributed by atoms with Crippen molar-refractivity contribution in [2.45, 2.75) is 6.54 Å². The van der Waals surface area contributed by atoms with E-state index in [9.17, 15) is 0 Å². The first-order chi connectivity index (χ1) is 7.25. The van der Waals surface area contributed by atoms with Crippen LogP contribution < -0.4 is 5.32 Å². The molecule has 1 heterocycles. The van der Waals surface area contributed by atoms with Crippen molar-refractivity contribution in [1.82, 2.24) is 10.2 Å². The largest absolute Gasteiger partial charge is 0.314 e. The molecule has 0 atom stereocenters. The first-order valence-corrected chi connectivity index (χ1v) is 6.30. The van der Waals surface area contributed by atoms with Crippen LogP contribution in [0.25, 0.3) is 0 Å². The van der Waals surface area contributed by atoms with Crippen LogP contribution in [0.3, 0.4) is 0 Å². The Morgan fingerprint density at radius 3 is 2.62 bits per heavy atom. The predicted octanol–water partition coefficient (Wildman–Crippen LogP) is 2.93. The Hall–Kier alpha value is 0.200. The lowest BCUT2D eigenvalue weighted by Crippen LogP contribution is -2.42. The Bertz CT molecular complexity index is 341. The second kappa shape index (κ2) is 6.82. The molecule has 1 aromatic carbocycles. The molecule has 0 aliphatic carbocycles. The Balaban J connectivity index is 0.00000128. The van der Waals surface area contributed by atoms with Gasteiger partial charge in [-0.05, 0) is 33.6 Å². The minimum absolute atomic E-state index is 0.